The molecule has 0 amide bonds. The summed E-state index contributed by atoms with van der Waals surface area (Å²) in [5.74, 6) is -4.69. The molecule has 9 nitrogen and oxygen atoms in total. The highest BCUT2D eigenvalue weighted by atomic mass is 32.1. The number of alkyl halides is 1. The van der Waals surface area contributed by atoms with E-state index >= 15 is 13.2 Å². The number of halogens is 4. The van der Waals surface area contributed by atoms with Gasteiger partial charge in [0.1, 0.15) is 18.2 Å². The third-order valence-electron chi connectivity index (χ3n) is 7.36. The van der Waals surface area contributed by atoms with Crippen molar-refractivity contribution in [3.05, 3.63) is 81.9 Å². The van der Waals surface area contributed by atoms with Crippen LogP contribution in [0.1, 0.15) is 39.6 Å². The number of aromatic carboxylic acids is 1. The Morgan fingerprint density at radius 3 is 2.60 bits per heavy atom. The fourth-order valence-corrected chi connectivity index (χ4v) is 5.33. The fourth-order valence-electron chi connectivity index (χ4n) is 4.76. The number of rotatable bonds is 11. The van der Waals surface area contributed by atoms with E-state index in [1.54, 1.807) is 4.57 Å². The van der Waals surface area contributed by atoms with Gasteiger partial charge in [-0.3, -0.25) is 4.39 Å². The number of carbonyl (C=O) groups is 1. The van der Waals surface area contributed by atoms with Gasteiger partial charge < -0.3 is 19.1 Å². The van der Waals surface area contributed by atoms with Crippen LogP contribution >= 0.6 is 11.3 Å². The Labute approximate surface area is 245 Å². The lowest BCUT2D eigenvalue weighted by atomic mass is 10.0. The lowest BCUT2D eigenvalue weighted by Crippen LogP contribution is -2.17. The largest absolute Gasteiger partial charge is 0.478 e. The van der Waals surface area contributed by atoms with E-state index in [0.29, 0.717) is 34.1 Å². The highest BCUT2D eigenvalue weighted by Gasteiger charge is 2.44. The van der Waals surface area contributed by atoms with Crippen LogP contribution in [0.5, 0.6) is 11.1 Å². The van der Waals surface area contributed by atoms with Crippen LogP contribution in [0.25, 0.3) is 22.3 Å². The molecule has 0 saturated heterocycles. The van der Waals surface area contributed by atoms with Crippen molar-refractivity contribution in [2.45, 2.75) is 32.4 Å². The van der Waals surface area contributed by atoms with Crippen LogP contribution in [0.4, 0.5) is 17.6 Å². The summed E-state index contributed by atoms with van der Waals surface area (Å²) in [6.45, 7) is -0.468. The van der Waals surface area contributed by atoms with E-state index in [4.69, 9.17) is 9.47 Å². The molecule has 0 aliphatic heterocycles. The number of methoxy groups -OCH3 is 1. The second-order valence-corrected chi connectivity index (χ2v) is 11.3. The summed E-state index contributed by atoms with van der Waals surface area (Å²) in [6, 6.07) is 9.49. The maximum absolute atomic E-state index is 15.5. The molecule has 1 aliphatic carbocycles. The maximum Gasteiger partial charge on any atom is 0.335 e. The molecule has 0 spiro atoms. The van der Waals surface area contributed by atoms with E-state index in [-0.39, 0.29) is 36.1 Å². The van der Waals surface area contributed by atoms with Gasteiger partial charge in [-0.1, -0.05) is 22.5 Å². The Morgan fingerprint density at radius 2 is 1.91 bits per heavy atom. The molecule has 3 aromatic heterocycles. The summed E-state index contributed by atoms with van der Waals surface area (Å²) in [4.78, 5) is 20.2. The van der Waals surface area contributed by atoms with E-state index in [0.717, 1.165) is 17.4 Å². The van der Waals surface area contributed by atoms with Gasteiger partial charge >= 0.3 is 5.97 Å². The van der Waals surface area contributed by atoms with E-state index in [1.165, 1.54) is 43.5 Å². The van der Waals surface area contributed by atoms with Gasteiger partial charge in [0, 0.05) is 35.6 Å². The summed E-state index contributed by atoms with van der Waals surface area (Å²) >= 11 is 1.16. The molecule has 0 unspecified atom stereocenters. The first kappa shape index (κ1) is 28.5. The molecule has 0 radical (unpaired) electrons. The number of ether oxygens (including phenoxy) is 2. The number of imidazole rings is 1. The third kappa shape index (κ3) is 5.61. The first-order chi connectivity index (χ1) is 20.7. The standard InChI is InChI=1S/C29H23F4N5O4S/c1-41-28-37-36-24(43-28)12-42-23-4-2-3-19(35-23)17-10-18(31)16(25(32)26(17)33)11-22-34-20-6-5-15(27(39)40)9-21(20)38(22)14-29(13-30)7-8-29/h2-6,9-10H,7-8,11-14H2,1H3,(H,39,40). The quantitative estimate of drug-likeness (QED) is 0.143. The number of hydrogen-bond donors (Lipinski definition) is 1. The van der Waals surface area contributed by atoms with Gasteiger partial charge in [0.05, 0.1) is 36.1 Å². The highest BCUT2D eigenvalue weighted by Crippen LogP contribution is 2.48. The van der Waals surface area contributed by atoms with Crippen LogP contribution in [-0.2, 0) is 19.6 Å². The number of fused-ring (bicyclic) bond motifs is 1. The minimum Gasteiger partial charge on any atom is -0.478 e. The van der Waals surface area contributed by atoms with Gasteiger partial charge in [0.25, 0.3) is 5.19 Å². The van der Waals surface area contributed by atoms with Gasteiger partial charge in [-0.25, -0.2) is 27.9 Å². The van der Waals surface area contributed by atoms with Crippen molar-refractivity contribution in [1.29, 1.82) is 0 Å². The number of carboxylic acids is 1. The van der Waals surface area contributed by atoms with Crippen LogP contribution in [0.3, 0.4) is 0 Å². The van der Waals surface area contributed by atoms with Crippen molar-refractivity contribution in [2.75, 3.05) is 13.8 Å². The van der Waals surface area contributed by atoms with E-state index in [9.17, 15) is 14.3 Å². The molecule has 3 heterocycles. The molecule has 1 aliphatic rings. The Morgan fingerprint density at radius 1 is 1.09 bits per heavy atom. The summed E-state index contributed by atoms with van der Waals surface area (Å²) in [5.41, 5.74) is -0.939. The van der Waals surface area contributed by atoms with Crippen molar-refractivity contribution in [1.82, 2.24) is 24.7 Å². The third-order valence-corrected chi connectivity index (χ3v) is 8.22. The molecule has 0 atom stereocenters. The normalized spacial score (nSPS) is 13.8. The summed E-state index contributed by atoms with van der Waals surface area (Å²) in [7, 11) is 1.46. The predicted molar refractivity (Wildman–Crippen MR) is 147 cm³/mol. The monoisotopic (exact) mass is 613 g/mol. The van der Waals surface area contributed by atoms with E-state index in [2.05, 4.69) is 20.2 Å². The average Bonchev–Trinajstić information content (AvgIpc) is 3.50. The van der Waals surface area contributed by atoms with Crippen molar-refractivity contribution >= 4 is 28.3 Å². The SMILES string of the molecule is COc1nnc(COc2cccc(-c3cc(F)c(Cc4nc5ccc(C(=O)O)cc5n4CC4(CF)CC4)c(F)c3F)n2)s1. The lowest BCUT2D eigenvalue weighted by molar-refractivity contribution is 0.0697. The molecule has 43 heavy (non-hydrogen) atoms. The van der Waals surface area contributed by atoms with E-state index in [1.807, 2.05) is 0 Å². The van der Waals surface area contributed by atoms with Crippen LogP contribution in [-0.4, -0.2) is 49.6 Å². The van der Waals surface area contributed by atoms with Gasteiger partial charge in [0.2, 0.25) is 5.88 Å². The molecule has 2 aromatic carbocycles. The molecule has 1 N–H and O–H groups in total. The number of aromatic nitrogens is 5. The van der Waals surface area contributed by atoms with Crippen LogP contribution < -0.4 is 9.47 Å². The van der Waals surface area contributed by atoms with Crippen molar-refractivity contribution in [2.24, 2.45) is 5.41 Å². The maximum atomic E-state index is 15.5. The van der Waals surface area contributed by atoms with Gasteiger partial charge in [0.15, 0.2) is 16.6 Å². The topological polar surface area (TPSA) is 112 Å². The van der Waals surface area contributed by atoms with E-state index < -0.39 is 53.1 Å². The second kappa shape index (κ2) is 11.2. The molecule has 222 valence electrons. The molecular weight excluding hydrogens is 590 g/mol. The highest BCUT2D eigenvalue weighted by molar-refractivity contribution is 7.13. The van der Waals surface area contributed by atoms with Gasteiger partial charge in [-0.15, -0.1) is 5.10 Å². The Hall–Kier alpha value is -4.59. The molecule has 1 saturated carbocycles. The summed E-state index contributed by atoms with van der Waals surface area (Å²) < 4.78 is 72.4. The van der Waals surface area contributed by atoms with Gasteiger partial charge in [-0.2, -0.15) is 0 Å². The molecule has 1 fully saturated rings. The zero-order chi connectivity index (χ0) is 30.3. The smallest absolute Gasteiger partial charge is 0.335 e. The first-order valence-corrected chi connectivity index (χ1v) is 13.9. The lowest BCUT2D eigenvalue weighted by Gasteiger charge is -2.16. The van der Waals surface area contributed by atoms with Gasteiger partial charge in [-0.05, 0) is 43.2 Å². The van der Waals surface area contributed by atoms with Crippen molar-refractivity contribution in [3.8, 4) is 22.3 Å². The molecule has 6 rings (SSSR count). The summed E-state index contributed by atoms with van der Waals surface area (Å²) in [6.07, 6.45) is 0.770. The molecule has 0 bridgehead atoms. The zero-order valence-corrected chi connectivity index (χ0v) is 23.4. The van der Waals surface area contributed by atoms with Crippen LogP contribution in [0.2, 0.25) is 0 Å². The number of carboxylic acid groups (broad SMARTS) is 1. The van der Waals surface area contributed by atoms with Crippen molar-refractivity contribution < 1.29 is 36.9 Å². The first-order valence-electron chi connectivity index (χ1n) is 13.1. The van der Waals surface area contributed by atoms with Crippen LogP contribution in [0.15, 0.2) is 42.5 Å². The fraction of sp³-hybridized carbons (Fsp3) is 0.276. The zero-order valence-electron chi connectivity index (χ0n) is 22.6. The molecule has 14 heteroatoms. The number of nitrogens with zero attached hydrogens (tertiary/aromatic N) is 5. The Balaban J connectivity index is 1.32. The van der Waals surface area contributed by atoms with Crippen LogP contribution in [0, 0.1) is 22.9 Å². The minimum absolute atomic E-state index is 0.000271. The second-order valence-electron chi connectivity index (χ2n) is 10.3. The Bertz CT molecular complexity index is 1860. The minimum atomic E-state index is -1.42. The molecule has 5 aromatic rings. The van der Waals surface area contributed by atoms with Crippen molar-refractivity contribution in [3.63, 3.8) is 0 Å². The number of hydrogen-bond acceptors (Lipinski definition) is 8. The summed E-state index contributed by atoms with van der Waals surface area (Å²) in [5, 5.41) is 18.0. The number of benzene rings is 2. The molecular formula is C29H23F4N5O4S. The average molecular weight is 614 g/mol. The number of pyridine rings is 1. The Kier molecular flexibility index (Phi) is 7.46. The predicted octanol–water partition coefficient (Wildman–Crippen LogP) is 5.99.